The molecule has 2 rings (SSSR count). The lowest BCUT2D eigenvalue weighted by molar-refractivity contribution is -0.134. The third-order valence-electron chi connectivity index (χ3n) is 2.99. The van der Waals surface area contributed by atoms with Crippen LogP contribution >= 0.6 is 23.2 Å². The minimum absolute atomic E-state index is 0.0294. The first-order valence-corrected chi connectivity index (χ1v) is 8.77. The third-order valence-corrected chi connectivity index (χ3v) is 5.36. The second-order valence-corrected chi connectivity index (χ2v) is 7.65. The van der Waals surface area contributed by atoms with Gasteiger partial charge in [-0.2, -0.15) is 4.31 Å². The van der Waals surface area contributed by atoms with Crippen molar-refractivity contribution >= 4 is 39.2 Å². The predicted octanol–water partition coefficient (Wildman–Crippen LogP) is 3.36. The molecule has 24 heavy (non-hydrogen) atoms. The quantitative estimate of drug-likeness (QED) is 0.578. The first-order valence-electron chi connectivity index (χ1n) is 6.58. The Labute approximate surface area is 148 Å². The molecule has 0 aliphatic rings. The highest BCUT2D eigenvalue weighted by Gasteiger charge is 2.24. The Bertz CT molecular complexity index is 856. The number of ether oxygens (including phenoxy) is 1. The van der Waals surface area contributed by atoms with Crippen molar-refractivity contribution in [3.05, 3.63) is 58.3 Å². The smallest absolute Gasteiger partial charge is 0.326 e. The molecule has 0 unspecified atom stereocenters. The molecule has 128 valence electrons. The minimum Gasteiger partial charge on any atom is -0.424 e. The monoisotopic (exact) mass is 391 g/mol. The fraction of sp³-hybridized carbons (Fsp3) is 0.133. The molecule has 0 aliphatic carbocycles. The Hall–Kier alpha value is -1.67. The van der Waals surface area contributed by atoms with E-state index in [1.165, 1.54) is 25.2 Å². The van der Waals surface area contributed by atoms with Gasteiger partial charge in [0.05, 0.1) is 9.92 Å². The van der Waals surface area contributed by atoms with Gasteiger partial charge in [0.15, 0.2) is 5.75 Å². The minimum atomic E-state index is -3.95. The maximum Gasteiger partial charge on any atom is 0.326 e. The van der Waals surface area contributed by atoms with Crippen LogP contribution in [0, 0.1) is 5.82 Å². The van der Waals surface area contributed by atoms with Gasteiger partial charge >= 0.3 is 5.97 Å². The summed E-state index contributed by atoms with van der Waals surface area (Å²) in [5.41, 5.74) is 0. The number of hydrogen-bond donors (Lipinski definition) is 0. The molecule has 0 fully saturated rings. The highest BCUT2D eigenvalue weighted by molar-refractivity contribution is 7.89. The second-order valence-electron chi connectivity index (χ2n) is 4.76. The van der Waals surface area contributed by atoms with Crippen molar-refractivity contribution in [2.24, 2.45) is 0 Å². The van der Waals surface area contributed by atoms with E-state index in [0.29, 0.717) is 5.02 Å². The van der Waals surface area contributed by atoms with Gasteiger partial charge in [-0.25, -0.2) is 12.8 Å². The molecular formula is C15H12Cl2FNO4S. The molecule has 5 nitrogen and oxygen atoms in total. The van der Waals surface area contributed by atoms with E-state index in [4.69, 9.17) is 27.9 Å². The van der Waals surface area contributed by atoms with E-state index in [1.807, 2.05) is 0 Å². The summed E-state index contributed by atoms with van der Waals surface area (Å²) in [6, 6.07) is 8.57. The predicted molar refractivity (Wildman–Crippen MR) is 88.3 cm³/mol. The molecule has 2 aromatic rings. The Morgan fingerprint density at radius 3 is 2.42 bits per heavy atom. The maximum absolute atomic E-state index is 12.9. The number of halogens is 3. The molecule has 0 bridgehead atoms. The summed E-state index contributed by atoms with van der Waals surface area (Å²) in [7, 11) is -2.75. The van der Waals surface area contributed by atoms with Crippen molar-refractivity contribution in [3.63, 3.8) is 0 Å². The number of rotatable bonds is 5. The summed E-state index contributed by atoms with van der Waals surface area (Å²) in [4.78, 5) is 11.8. The fourth-order valence-electron chi connectivity index (χ4n) is 1.76. The highest BCUT2D eigenvalue weighted by Crippen LogP contribution is 2.28. The zero-order valence-electron chi connectivity index (χ0n) is 12.4. The van der Waals surface area contributed by atoms with Gasteiger partial charge in [0.25, 0.3) is 0 Å². The number of carbonyl (C=O) groups is 1. The molecule has 0 atom stereocenters. The summed E-state index contributed by atoms with van der Waals surface area (Å²) < 4.78 is 43.3. The largest absolute Gasteiger partial charge is 0.424 e. The van der Waals surface area contributed by atoms with Crippen LogP contribution in [0.1, 0.15) is 0 Å². The average Bonchev–Trinajstić information content (AvgIpc) is 2.51. The van der Waals surface area contributed by atoms with Gasteiger partial charge in [0.2, 0.25) is 10.0 Å². The molecule has 0 aliphatic heterocycles. The van der Waals surface area contributed by atoms with Gasteiger partial charge in [-0.05, 0) is 36.4 Å². The Kier molecular flexibility index (Phi) is 5.82. The summed E-state index contributed by atoms with van der Waals surface area (Å²) in [6.45, 7) is -0.553. The molecule has 0 saturated heterocycles. The summed E-state index contributed by atoms with van der Waals surface area (Å²) in [5.74, 6) is -1.37. The summed E-state index contributed by atoms with van der Waals surface area (Å²) >= 11 is 11.7. The zero-order chi connectivity index (χ0) is 17.9. The Balaban J connectivity index is 2.10. The Morgan fingerprint density at radius 1 is 1.17 bits per heavy atom. The molecule has 0 heterocycles. The molecule has 0 amide bonds. The van der Waals surface area contributed by atoms with E-state index in [2.05, 4.69) is 0 Å². The third kappa shape index (κ3) is 4.45. The Morgan fingerprint density at radius 2 is 1.79 bits per heavy atom. The molecule has 0 aromatic heterocycles. The topological polar surface area (TPSA) is 63.7 Å². The number of hydrogen-bond acceptors (Lipinski definition) is 4. The van der Waals surface area contributed by atoms with E-state index < -0.39 is 28.4 Å². The van der Waals surface area contributed by atoms with Crippen molar-refractivity contribution in [1.29, 1.82) is 0 Å². The van der Waals surface area contributed by atoms with Crippen molar-refractivity contribution in [2.45, 2.75) is 4.90 Å². The number of nitrogens with zero attached hydrogens (tertiary/aromatic N) is 1. The zero-order valence-corrected chi connectivity index (χ0v) is 14.7. The van der Waals surface area contributed by atoms with Crippen LogP contribution in [0.5, 0.6) is 5.75 Å². The van der Waals surface area contributed by atoms with Crippen molar-refractivity contribution in [2.75, 3.05) is 13.6 Å². The SMILES string of the molecule is CN(CC(=O)Oc1cc(Cl)ccc1Cl)S(=O)(=O)c1ccc(F)cc1. The molecule has 0 N–H and O–H groups in total. The second kappa shape index (κ2) is 7.48. The van der Waals surface area contributed by atoms with Gasteiger partial charge in [0.1, 0.15) is 12.4 Å². The van der Waals surface area contributed by atoms with Gasteiger partial charge < -0.3 is 4.74 Å². The lowest BCUT2D eigenvalue weighted by Crippen LogP contribution is -2.34. The van der Waals surface area contributed by atoms with Gasteiger partial charge in [-0.15, -0.1) is 0 Å². The maximum atomic E-state index is 12.9. The lowest BCUT2D eigenvalue weighted by Gasteiger charge is -2.16. The van der Waals surface area contributed by atoms with Gasteiger partial charge in [-0.3, -0.25) is 4.79 Å². The fourth-order valence-corrected chi connectivity index (χ4v) is 3.20. The van der Waals surface area contributed by atoms with Gasteiger partial charge in [-0.1, -0.05) is 23.2 Å². The van der Waals surface area contributed by atoms with Crippen LogP contribution in [0.15, 0.2) is 47.4 Å². The van der Waals surface area contributed by atoms with Crippen molar-refractivity contribution in [1.82, 2.24) is 4.31 Å². The molecule has 0 spiro atoms. The van der Waals surface area contributed by atoms with E-state index in [-0.39, 0.29) is 15.7 Å². The van der Waals surface area contributed by atoms with Crippen LogP contribution in [0.2, 0.25) is 10.0 Å². The van der Waals surface area contributed by atoms with E-state index in [0.717, 1.165) is 28.6 Å². The van der Waals surface area contributed by atoms with Gasteiger partial charge in [0, 0.05) is 18.1 Å². The van der Waals surface area contributed by atoms with Crippen LogP contribution in [0.4, 0.5) is 4.39 Å². The number of benzene rings is 2. The molecule has 0 saturated carbocycles. The summed E-state index contributed by atoms with van der Waals surface area (Å²) in [6.07, 6.45) is 0. The number of sulfonamides is 1. The average molecular weight is 392 g/mol. The number of carbonyl (C=O) groups excluding carboxylic acids is 1. The normalized spacial score (nSPS) is 11.5. The molecule has 9 heteroatoms. The van der Waals surface area contributed by atoms with Crippen LogP contribution in [0.25, 0.3) is 0 Å². The highest BCUT2D eigenvalue weighted by atomic mass is 35.5. The van der Waals surface area contributed by atoms with E-state index in [1.54, 1.807) is 0 Å². The molecule has 0 radical (unpaired) electrons. The first-order chi connectivity index (χ1) is 11.2. The van der Waals surface area contributed by atoms with Crippen LogP contribution < -0.4 is 4.74 Å². The summed E-state index contributed by atoms with van der Waals surface area (Å²) in [5, 5.41) is 0.478. The van der Waals surface area contributed by atoms with Crippen molar-refractivity contribution in [3.8, 4) is 5.75 Å². The first kappa shape index (κ1) is 18.7. The molecular weight excluding hydrogens is 380 g/mol. The van der Waals surface area contributed by atoms with Crippen molar-refractivity contribution < 1.29 is 22.3 Å². The van der Waals surface area contributed by atoms with Crippen LogP contribution in [0.3, 0.4) is 0 Å². The standard InChI is InChI=1S/C15H12Cl2FNO4S/c1-19(24(21,22)12-5-3-11(18)4-6-12)9-15(20)23-14-8-10(16)2-7-13(14)17/h2-8H,9H2,1H3. The number of esters is 1. The lowest BCUT2D eigenvalue weighted by atomic mass is 10.3. The number of likely N-dealkylation sites (N-methyl/N-ethyl adjacent to an activating group) is 1. The van der Waals surface area contributed by atoms with Crippen LogP contribution in [-0.2, 0) is 14.8 Å². The molecule has 2 aromatic carbocycles. The van der Waals surface area contributed by atoms with E-state index >= 15 is 0 Å². The van der Waals surface area contributed by atoms with E-state index in [9.17, 15) is 17.6 Å². The van der Waals surface area contributed by atoms with Crippen LogP contribution in [-0.4, -0.2) is 32.3 Å².